The summed E-state index contributed by atoms with van der Waals surface area (Å²) in [6.07, 6.45) is 7.29. The van der Waals surface area contributed by atoms with E-state index in [0.717, 1.165) is 30.6 Å². The van der Waals surface area contributed by atoms with Gasteiger partial charge in [-0.15, -0.1) is 0 Å². The van der Waals surface area contributed by atoms with E-state index < -0.39 is 0 Å². The molecular formula is C14H27OP. The molecule has 1 nitrogen and oxygen atoms in total. The average Bonchev–Trinajstić information content (AvgIpc) is 2.20. The van der Waals surface area contributed by atoms with Gasteiger partial charge in [0.1, 0.15) is 0 Å². The van der Waals surface area contributed by atoms with E-state index in [1.165, 1.54) is 25.7 Å². The van der Waals surface area contributed by atoms with Gasteiger partial charge in [-0.25, -0.2) is 0 Å². The first-order valence-corrected chi connectivity index (χ1v) is 7.44. The molecule has 0 N–H and O–H groups in total. The van der Waals surface area contributed by atoms with E-state index in [-0.39, 0.29) is 7.92 Å². The van der Waals surface area contributed by atoms with Gasteiger partial charge in [0.15, 0.2) is 0 Å². The summed E-state index contributed by atoms with van der Waals surface area (Å²) in [5.74, 6) is 2.50. The van der Waals surface area contributed by atoms with E-state index in [1.807, 2.05) is 0 Å². The molecule has 2 heteroatoms. The van der Waals surface area contributed by atoms with E-state index in [4.69, 9.17) is 0 Å². The van der Waals surface area contributed by atoms with Gasteiger partial charge in [0.25, 0.3) is 0 Å². The summed E-state index contributed by atoms with van der Waals surface area (Å²) in [6, 6.07) is 0. The van der Waals surface area contributed by atoms with Crippen molar-refractivity contribution in [2.45, 2.75) is 66.2 Å². The topological polar surface area (TPSA) is 17.1 Å². The van der Waals surface area contributed by atoms with Crippen LogP contribution < -0.4 is 0 Å². The van der Waals surface area contributed by atoms with Crippen molar-refractivity contribution in [1.82, 2.24) is 0 Å². The van der Waals surface area contributed by atoms with Crippen molar-refractivity contribution in [3.8, 4) is 5.63 Å². The van der Waals surface area contributed by atoms with Crippen molar-refractivity contribution >= 4 is 7.92 Å². The second-order valence-electron chi connectivity index (χ2n) is 5.48. The van der Waals surface area contributed by atoms with Gasteiger partial charge in [-0.05, 0) is 0 Å². The number of unbranched alkanes of at least 4 members (excludes halogenated alkanes) is 3. The van der Waals surface area contributed by atoms with Gasteiger partial charge in [-0.1, -0.05) is 0 Å². The Morgan fingerprint density at radius 1 is 1.06 bits per heavy atom. The summed E-state index contributed by atoms with van der Waals surface area (Å²) in [4.78, 5) is 0. The molecule has 0 aliphatic carbocycles. The van der Waals surface area contributed by atoms with Crippen molar-refractivity contribution in [2.24, 2.45) is 17.8 Å². The molecule has 1 atom stereocenters. The standard InChI is InChI=1S/C14H27OP/c1-12(2)11-14(13(3)4)9-7-5-6-8-10-16-15/h12-14H,5-9,11H2,1-4H3. The van der Waals surface area contributed by atoms with Crippen LogP contribution in [0.1, 0.15) is 66.2 Å². The van der Waals surface area contributed by atoms with Crippen LogP contribution >= 0.6 is 7.92 Å². The Balaban J connectivity index is 3.66. The van der Waals surface area contributed by atoms with E-state index in [9.17, 15) is 4.57 Å². The Morgan fingerprint density at radius 2 is 1.75 bits per heavy atom. The molecule has 0 radical (unpaired) electrons. The summed E-state index contributed by atoms with van der Waals surface area (Å²) in [6.45, 7) is 9.30. The Labute approximate surface area is 103 Å². The molecule has 0 heterocycles. The number of rotatable bonds is 8. The number of hydrogen-bond acceptors (Lipinski definition) is 1. The van der Waals surface area contributed by atoms with Crippen LogP contribution in [0.5, 0.6) is 0 Å². The van der Waals surface area contributed by atoms with E-state index in [1.54, 1.807) is 0 Å². The zero-order chi connectivity index (χ0) is 12.4. The molecule has 94 valence electrons. The summed E-state index contributed by atoms with van der Waals surface area (Å²) < 4.78 is 10.1. The van der Waals surface area contributed by atoms with Gasteiger partial charge in [-0.2, -0.15) is 0 Å². The van der Waals surface area contributed by atoms with Crippen molar-refractivity contribution in [1.29, 1.82) is 0 Å². The molecule has 0 spiro atoms. The molecule has 0 amide bonds. The van der Waals surface area contributed by atoms with Gasteiger partial charge in [0.05, 0.1) is 0 Å². The molecule has 0 aliphatic heterocycles. The summed E-state index contributed by atoms with van der Waals surface area (Å²) in [5.41, 5.74) is 2.81. The van der Waals surface area contributed by atoms with Crippen LogP contribution in [0, 0.1) is 23.4 Å². The predicted molar refractivity (Wildman–Crippen MR) is 72.4 cm³/mol. The molecule has 0 saturated heterocycles. The van der Waals surface area contributed by atoms with Crippen LogP contribution in [0.15, 0.2) is 0 Å². The molecule has 0 rings (SSSR count). The monoisotopic (exact) mass is 242 g/mol. The Bertz CT molecular complexity index is 251. The van der Waals surface area contributed by atoms with Crippen LogP contribution in [0.3, 0.4) is 0 Å². The van der Waals surface area contributed by atoms with Gasteiger partial charge in [0.2, 0.25) is 0 Å². The van der Waals surface area contributed by atoms with Crippen LogP contribution in [0.2, 0.25) is 0 Å². The summed E-state index contributed by atoms with van der Waals surface area (Å²) >= 11 is 0. The fourth-order valence-electron chi connectivity index (χ4n) is 2.16. The second-order valence-corrected chi connectivity index (χ2v) is 5.98. The first-order valence-electron chi connectivity index (χ1n) is 6.63. The molecule has 0 aromatic carbocycles. The molecular weight excluding hydrogens is 215 g/mol. The third-order valence-electron chi connectivity index (χ3n) is 3.15. The molecule has 1 unspecified atom stereocenters. The average molecular weight is 242 g/mol. The molecule has 0 aromatic heterocycles. The van der Waals surface area contributed by atoms with Crippen molar-refractivity contribution in [3.63, 3.8) is 0 Å². The van der Waals surface area contributed by atoms with Crippen molar-refractivity contribution in [3.05, 3.63) is 0 Å². The van der Waals surface area contributed by atoms with Gasteiger partial charge >= 0.3 is 102 Å². The normalized spacial score (nSPS) is 12.9. The van der Waals surface area contributed by atoms with Gasteiger partial charge in [-0.3, -0.25) is 0 Å². The van der Waals surface area contributed by atoms with Crippen molar-refractivity contribution in [2.75, 3.05) is 0 Å². The van der Waals surface area contributed by atoms with Crippen LogP contribution in [-0.4, -0.2) is 0 Å². The molecule has 0 fully saturated rings. The zero-order valence-electron chi connectivity index (χ0n) is 11.3. The first-order chi connectivity index (χ1) is 7.57. The second kappa shape index (κ2) is 10.2. The fraction of sp³-hybridized carbons (Fsp3) is 0.929. The Morgan fingerprint density at radius 3 is 2.25 bits per heavy atom. The van der Waals surface area contributed by atoms with E-state index in [0.29, 0.717) is 0 Å². The fourth-order valence-corrected chi connectivity index (χ4v) is 2.41. The third-order valence-corrected chi connectivity index (χ3v) is 3.50. The predicted octanol–water partition coefficient (Wildman–Crippen LogP) is 5.51. The minimum absolute atomic E-state index is 0.0685. The molecule has 0 aliphatic rings. The maximum absolute atomic E-state index is 10.1. The Kier molecular flexibility index (Phi) is 10.2. The minimum atomic E-state index is 0.0685. The molecule has 16 heavy (non-hydrogen) atoms. The van der Waals surface area contributed by atoms with Gasteiger partial charge in [0, 0.05) is 0 Å². The molecule has 0 saturated carbocycles. The number of hydrogen-bond donors (Lipinski definition) is 0. The molecule has 0 bridgehead atoms. The third kappa shape index (κ3) is 9.25. The van der Waals surface area contributed by atoms with E-state index >= 15 is 0 Å². The van der Waals surface area contributed by atoms with Crippen LogP contribution in [0.4, 0.5) is 0 Å². The molecule has 0 aromatic rings. The van der Waals surface area contributed by atoms with Gasteiger partial charge < -0.3 is 0 Å². The van der Waals surface area contributed by atoms with Crippen LogP contribution in [0.25, 0.3) is 0 Å². The van der Waals surface area contributed by atoms with Crippen molar-refractivity contribution < 1.29 is 4.57 Å². The maximum atomic E-state index is 10.1. The summed E-state index contributed by atoms with van der Waals surface area (Å²) in [7, 11) is 0.0685. The SMILES string of the molecule is CC(C)CC(CCCCCC#P=O)C(C)C. The summed E-state index contributed by atoms with van der Waals surface area (Å²) in [5, 5.41) is 0. The first kappa shape index (κ1) is 16.0. The van der Waals surface area contributed by atoms with Crippen LogP contribution in [-0.2, 0) is 4.57 Å². The quantitative estimate of drug-likeness (QED) is 0.405. The zero-order valence-corrected chi connectivity index (χ0v) is 12.2. The van der Waals surface area contributed by atoms with E-state index in [2.05, 4.69) is 33.3 Å². The Hall–Kier alpha value is 0.01000.